The molecule has 0 atom stereocenters. The molecule has 0 fully saturated rings. The molecule has 0 unspecified atom stereocenters. The van der Waals surface area contributed by atoms with Gasteiger partial charge in [0.25, 0.3) is 0 Å². The molecule has 0 heterocycles. The van der Waals surface area contributed by atoms with Crippen LogP contribution in [0, 0.1) is 0 Å². The summed E-state index contributed by atoms with van der Waals surface area (Å²) in [6, 6.07) is 15.6. The van der Waals surface area contributed by atoms with Crippen LogP contribution in [0.2, 0.25) is 0 Å². The number of aryl methyl sites for hydroxylation is 3. The van der Waals surface area contributed by atoms with E-state index in [9.17, 15) is 0 Å². The number of benzene rings is 2. The largest absolute Gasteiger partial charge is 0.255 e. The molecule has 0 aliphatic carbocycles. The molecule has 0 saturated carbocycles. The fraction of sp³-hybridized carbons (Fsp3) is 0.576. The second kappa shape index (κ2) is 20.3. The maximum Gasteiger partial charge on any atom is 0.0636 e. The Morgan fingerprint density at radius 2 is 1.22 bits per heavy atom. The summed E-state index contributed by atoms with van der Waals surface area (Å²) in [5.41, 5.74) is 7.58. The number of rotatable bonds is 18. The summed E-state index contributed by atoms with van der Waals surface area (Å²) < 4.78 is 0. The molecular weight excluding hydrogens is 483 g/mol. The van der Waals surface area contributed by atoms with E-state index in [0.29, 0.717) is 0 Å². The zero-order chi connectivity index (χ0) is 25.1. The topological polar surface area (TPSA) is 24.7 Å². The van der Waals surface area contributed by atoms with Gasteiger partial charge in [-0.3, -0.25) is 9.98 Å². The van der Waals surface area contributed by atoms with Gasteiger partial charge in [0.05, 0.1) is 17.1 Å². The van der Waals surface area contributed by atoms with Crippen LogP contribution in [0.4, 0.5) is 11.4 Å². The van der Waals surface area contributed by atoms with Crippen molar-refractivity contribution >= 4 is 23.3 Å². The molecule has 0 N–H and O–H groups in total. The van der Waals surface area contributed by atoms with E-state index in [0.717, 1.165) is 42.8 Å². The second-order valence-corrected chi connectivity index (χ2v) is 9.96. The molecule has 2 aromatic carbocycles. The number of hydrogen-bond donors (Lipinski definition) is 0. The van der Waals surface area contributed by atoms with E-state index in [2.05, 4.69) is 70.2 Å². The van der Waals surface area contributed by atoms with E-state index in [4.69, 9.17) is 9.98 Å². The molecule has 0 radical (unpaired) electrons. The summed E-state index contributed by atoms with van der Waals surface area (Å²) in [6.45, 7) is 9.05. The summed E-state index contributed by atoms with van der Waals surface area (Å²) in [7, 11) is 0. The Bertz CT molecular complexity index is 883. The number of unbranched alkanes of at least 4 members (excludes halogenated alkanes) is 7. The van der Waals surface area contributed by atoms with E-state index in [-0.39, 0.29) is 16.5 Å². The number of hydrogen-bond acceptors (Lipinski definition) is 2. The maximum absolute atomic E-state index is 5.05. The van der Waals surface area contributed by atoms with Crippen LogP contribution in [0.25, 0.3) is 0 Å². The quantitative estimate of drug-likeness (QED) is 0.103. The minimum absolute atomic E-state index is 0. The van der Waals surface area contributed by atoms with Crippen LogP contribution in [0.5, 0.6) is 0 Å². The van der Waals surface area contributed by atoms with Crippen molar-refractivity contribution in [3.8, 4) is 0 Å². The van der Waals surface area contributed by atoms with Crippen LogP contribution in [0.1, 0.15) is 121 Å². The molecule has 0 aromatic heterocycles. The Morgan fingerprint density at radius 1 is 0.611 bits per heavy atom. The third-order valence-corrected chi connectivity index (χ3v) is 6.72. The zero-order valence-electron chi connectivity index (χ0n) is 23.4. The fourth-order valence-corrected chi connectivity index (χ4v) is 4.40. The third-order valence-electron chi connectivity index (χ3n) is 6.72. The van der Waals surface area contributed by atoms with Gasteiger partial charge in [-0.15, -0.1) is 0 Å². The SMILES string of the molecule is CCCCCCCc1ccc(/N=C/C(CCCC)=N/c2ccc(CCCC)c(CCCC)c2)cc1.[Ni]. The van der Waals surface area contributed by atoms with Crippen molar-refractivity contribution in [3.63, 3.8) is 0 Å². The fourth-order valence-electron chi connectivity index (χ4n) is 4.40. The molecule has 0 bridgehead atoms. The first-order chi connectivity index (χ1) is 17.2. The van der Waals surface area contributed by atoms with Crippen LogP contribution in [0.3, 0.4) is 0 Å². The standard InChI is InChI=1S/C33H50N2.Ni/c1-5-9-13-14-15-16-28-20-23-31(24-21-28)34-27-33(19-12-8-4)35-32-25-22-29(17-10-6-2)30(26-32)18-11-7-3;/h20-27H,5-19H2,1-4H3;/b34-27+,35-33+;. The Balaban J connectivity index is 0.00000648. The summed E-state index contributed by atoms with van der Waals surface area (Å²) in [5, 5.41) is 0. The third kappa shape index (κ3) is 13.0. The van der Waals surface area contributed by atoms with E-state index in [1.807, 2.05) is 6.21 Å². The predicted octanol–water partition coefficient (Wildman–Crippen LogP) is 10.5. The van der Waals surface area contributed by atoms with Crippen LogP contribution in [-0.2, 0) is 35.8 Å². The average Bonchev–Trinajstić information content (AvgIpc) is 2.89. The van der Waals surface area contributed by atoms with E-state index < -0.39 is 0 Å². The Morgan fingerprint density at radius 3 is 1.89 bits per heavy atom. The van der Waals surface area contributed by atoms with Crippen molar-refractivity contribution in [3.05, 3.63) is 59.2 Å². The Hall–Kier alpha value is -1.73. The zero-order valence-corrected chi connectivity index (χ0v) is 24.4. The molecule has 0 spiro atoms. The molecule has 2 aromatic rings. The monoisotopic (exact) mass is 532 g/mol. The van der Waals surface area contributed by atoms with Gasteiger partial charge in [-0.1, -0.05) is 90.8 Å². The van der Waals surface area contributed by atoms with Crippen molar-refractivity contribution in [2.75, 3.05) is 0 Å². The van der Waals surface area contributed by atoms with Crippen LogP contribution in [-0.4, -0.2) is 11.9 Å². The van der Waals surface area contributed by atoms with Crippen molar-refractivity contribution in [1.29, 1.82) is 0 Å². The Kier molecular flexibility index (Phi) is 18.3. The van der Waals surface area contributed by atoms with Gasteiger partial charge in [-0.2, -0.15) is 0 Å². The van der Waals surface area contributed by atoms with Gasteiger partial charge >= 0.3 is 0 Å². The van der Waals surface area contributed by atoms with Crippen LogP contribution >= 0.6 is 0 Å². The minimum Gasteiger partial charge on any atom is -0.255 e. The normalized spacial score (nSPS) is 11.7. The number of aliphatic imine (C=N–C) groups is 2. The molecule has 3 heteroatoms. The van der Waals surface area contributed by atoms with E-state index >= 15 is 0 Å². The first kappa shape index (κ1) is 32.3. The molecule has 0 amide bonds. The molecule has 2 rings (SSSR count). The van der Waals surface area contributed by atoms with E-state index in [1.54, 1.807) is 0 Å². The second-order valence-electron chi connectivity index (χ2n) is 9.96. The van der Waals surface area contributed by atoms with Crippen molar-refractivity contribution in [2.45, 2.75) is 124 Å². The van der Waals surface area contributed by atoms with Crippen molar-refractivity contribution in [1.82, 2.24) is 0 Å². The maximum atomic E-state index is 5.05. The molecule has 202 valence electrons. The number of nitrogens with zero attached hydrogens (tertiary/aromatic N) is 2. The molecule has 0 aliphatic heterocycles. The Labute approximate surface area is 232 Å². The van der Waals surface area contributed by atoms with Crippen LogP contribution < -0.4 is 0 Å². The summed E-state index contributed by atoms with van der Waals surface area (Å²) in [4.78, 5) is 9.84. The first-order valence-electron chi connectivity index (χ1n) is 14.5. The van der Waals surface area contributed by atoms with Gasteiger partial charge in [0, 0.05) is 22.7 Å². The molecule has 0 aliphatic rings. The first-order valence-corrected chi connectivity index (χ1v) is 14.5. The molecule has 36 heavy (non-hydrogen) atoms. The summed E-state index contributed by atoms with van der Waals surface area (Å²) in [5.74, 6) is 0. The average molecular weight is 533 g/mol. The van der Waals surface area contributed by atoms with Gasteiger partial charge in [-0.05, 0) is 92.3 Å². The summed E-state index contributed by atoms with van der Waals surface area (Å²) >= 11 is 0. The smallest absolute Gasteiger partial charge is 0.0636 e. The van der Waals surface area contributed by atoms with Crippen LogP contribution in [0.15, 0.2) is 52.4 Å². The van der Waals surface area contributed by atoms with Gasteiger partial charge in [-0.25, -0.2) is 0 Å². The molecule has 0 saturated heterocycles. The van der Waals surface area contributed by atoms with E-state index in [1.165, 1.54) is 87.3 Å². The molecule has 2 nitrogen and oxygen atoms in total. The van der Waals surface area contributed by atoms with Crippen molar-refractivity contribution < 1.29 is 16.5 Å². The predicted molar refractivity (Wildman–Crippen MR) is 157 cm³/mol. The van der Waals surface area contributed by atoms with Gasteiger partial charge in [0.2, 0.25) is 0 Å². The van der Waals surface area contributed by atoms with Gasteiger partial charge in [0.1, 0.15) is 0 Å². The summed E-state index contributed by atoms with van der Waals surface area (Å²) in [6.07, 6.45) is 20.4. The molecular formula is C33H50N2Ni. The van der Waals surface area contributed by atoms with Crippen molar-refractivity contribution in [2.24, 2.45) is 9.98 Å². The van der Waals surface area contributed by atoms with Gasteiger partial charge < -0.3 is 0 Å². The minimum atomic E-state index is 0. The van der Waals surface area contributed by atoms with Gasteiger partial charge in [0.15, 0.2) is 0 Å².